The van der Waals surface area contributed by atoms with E-state index < -0.39 is 0 Å². The molecule has 1 aliphatic carbocycles. The van der Waals surface area contributed by atoms with Crippen molar-refractivity contribution in [2.75, 3.05) is 5.73 Å². The van der Waals surface area contributed by atoms with Crippen molar-refractivity contribution in [3.05, 3.63) is 67.1 Å². The van der Waals surface area contributed by atoms with Gasteiger partial charge in [-0.3, -0.25) is 4.57 Å². The van der Waals surface area contributed by atoms with Gasteiger partial charge in [0.2, 0.25) is 0 Å². The van der Waals surface area contributed by atoms with E-state index in [-0.39, 0.29) is 5.92 Å². The summed E-state index contributed by atoms with van der Waals surface area (Å²) in [7, 11) is 0. The van der Waals surface area contributed by atoms with Crippen LogP contribution in [0.5, 0.6) is 0 Å². The second-order valence-corrected chi connectivity index (χ2v) is 5.44. The largest absolute Gasteiger partial charge is 0.405 e. The minimum atomic E-state index is 0.271. The molecule has 0 saturated heterocycles. The Hall–Kier alpha value is -3.02. The van der Waals surface area contributed by atoms with Crippen molar-refractivity contribution in [1.29, 1.82) is 0 Å². The molecule has 0 aromatic carbocycles. The number of nitrogen functional groups attached to an aromatic ring is 1. The first-order valence-electron chi connectivity index (χ1n) is 7.43. The number of anilines is 1. The van der Waals surface area contributed by atoms with Gasteiger partial charge in [0.15, 0.2) is 5.82 Å². The third-order valence-corrected chi connectivity index (χ3v) is 4.04. The molecule has 0 amide bonds. The first kappa shape index (κ1) is 14.9. The predicted octanol–water partition coefficient (Wildman–Crippen LogP) is 2.51. The van der Waals surface area contributed by atoms with E-state index in [1.807, 2.05) is 22.8 Å². The zero-order valence-corrected chi connectivity index (χ0v) is 12.8. The quantitative estimate of drug-likeness (QED) is 0.714. The summed E-state index contributed by atoms with van der Waals surface area (Å²) in [4.78, 5) is 2.98. The molecule has 0 aliphatic heterocycles. The summed E-state index contributed by atoms with van der Waals surface area (Å²) in [6.07, 6.45) is 11.7. The third kappa shape index (κ3) is 2.59. The average Bonchev–Trinajstić information content (AvgIpc) is 3.04. The number of hydrogen-bond donors (Lipinski definition) is 3. The minimum absolute atomic E-state index is 0.271. The topological polar surface area (TPSA) is 98.5 Å². The molecule has 0 spiro atoms. The molecule has 5 N–H and O–H groups in total. The molecule has 1 fully saturated rings. The summed E-state index contributed by atoms with van der Waals surface area (Å²) in [6, 6.07) is 1.91. The fourth-order valence-electron chi connectivity index (χ4n) is 2.90. The number of nitrogens with two attached hydrogens (primary N) is 2. The Kier molecular flexibility index (Phi) is 3.89. The molecule has 23 heavy (non-hydrogen) atoms. The fraction of sp³-hybridized carbons (Fsp3) is 0.176. The highest BCUT2D eigenvalue weighted by Gasteiger charge is 2.44. The van der Waals surface area contributed by atoms with Gasteiger partial charge in [0, 0.05) is 12.1 Å². The van der Waals surface area contributed by atoms with Crippen LogP contribution in [0.2, 0.25) is 0 Å². The molecule has 118 valence electrons. The SMILES string of the molecule is C=C/C=C(\C=C/N)C1CC1c1nnc(C=C)n1-c1cc[nH]c1N. The van der Waals surface area contributed by atoms with E-state index in [4.69, 9.17) is 11.5 Å². The number of rotatable bonds is 6. The van der Waals surface area contributed by atoms with Gasteiger partial charge in [-0.25, -0.2) is 0 Å². The van der Waals surface area contributed by atoms with Crippen molar-refractivity contribution < 1.29 is 0 Å². The predicted molar refractivity (Wildman–Crippen MR) is 92.7 cm³/mol. The maximum absolute atomic E-state index is 6.02. The maximum Gasteiger partial charge on any atom is 0.160 e. The van der Waals surface area contributed by atoms with Gasteiger partial charge in [-0.05, 0) is 42.3 Å². The molecule has 2 aromatic rings. The van der Waals surface area contributed by atoms with E-state index in [0.717, 1.165) is 23.5 Å². The zero-order valence-electron chi connectivity index (χ0n) is 12.8. The van der Waals surface area contributed by atoms with Crippen LogP contribution in [0.1, 0.15) is 24.0 Å². The highest BCUT2D eigenvalue weighted by Crippen LogP contribution is 2.52. The Bertz CT molecular complexity index is 792. The number of nitrogens with zero attached hydrogens (tertiary/aromatic N) is 3. The molecule has 6 heteroatoms. The summed E-state index contributed by atoms with van der Waals surface area (Å²) in [5.74, 6) is 2.77. The van der Waals surface area contributed by atoms with Gasteiger partial charge in [0.25, 0.3) is 0 Å². The third-order valence-electron chi connectivity index (χ3n) is 4.04. The smallest absolute Gasteiger partial charge is 0.160 e. The molecule has 2 heterocycles. The van der Waals surface area contributed by atoms with E-state index >= 15 is 0 Å². The summed E-state index contributed by atoms with van der Waals surface area (Å²) in [5, 5.41) is 8.58. The molecule has 2 aromatic heterocycles. The van der Waals surface area contributed by atoms with E-state index in [9.17, 15) is 0 Å². The second kappa shape index (κ2) is 6.00. The van der Waals surface area contributed by atoms with Crippen LogP contribution in [0, 0.1) is 5.92 Å². The average molecular weight is 308 g/mol. The van der Waals surface area contributed by atoms with Crippen LogP contribution in [0.25, 0.3) is 11.8 Å². The second-order valence-electron chi connectivity index (χ2n) is 5.44. The van der Waals surface area contributed by atoms with E-state index in [1.54, 1.807) is 24.5 Å². The van der Waals surface area contributed by atoms with Crippen LogP contribution in [0.3, 0.4) is 0 Å². The van der Waals surface area contributed by atoms with Crippen LogP contribution >= 0.6 is 0 Å². The van der Waals surface area contributed by atoms with Gasteiger partial charge in [-0.15, -0.1) is 10.2 Å². The van der Waals surface area contributed by atoms with E-state index in [1.165, 1.54) is 0 Å². The van der Waals surface area contributed by atoms with Crippen LogP contribution in [-0.2, 0) is 0 Å². The Morgan fingerprint density at radius 1 is 1.39 bits per heavy atom. The van der Waals surface area contributed by atoms with Crippen molar-refractivity contribution in [3.63, 3.8) is 0 Å². The van der Waals surface area contributed by atoms with Gasteiger partial charge < -0.3 is 16.5 Å². The molecule has 6 nitrogen and oxygen atoms in total. The van der Waals surface area contributed by atoms with Gasteiger partial charge in [0.05, 0.1) is 5.69 Å². The van der Waals surface area contributed by atoms with Crippen LogP contribution in [0.15, 0.2) is 55.4 Å². The number of aromatic amines is 1. The molecule has 2 unspecified atom stereocenters. The molecule has 3 rings (SSSR count). The molecule has 2 atom stereocenters. The zero-order chi connectivity index (χ0) is 16.4. The Balaban J connectivity index is 1.99. The molecular weight excluding hydrogens is 288 g/mol. The van der Waals surface area contributed by atoms with Crippen molar-refractivity contribution in [2.45, 2.75) is 12.3 Å². The number of aromatic nitrogens is 4. The molecular formula is C17H20N6. The maximum atomic E-state index is 6.02. The number of allylic oxidation sites excluding steroid dienone is 4. The van der Waals surface area contributed by atoms with Crippen LogP contribution in [0.4, 0.5) is 5.82 Å². The first-order valence-corrected chi connectivity index (χ1v) is 7.43. The van der Waals surface area contributed by atoms with Gasteiger partial charge in [-0.1, -0.05) is 25.3 Å². The van der Waals surface area contributed by atoms with Crippen molar-refractivity contribution in [2.24, 2.45) is 11.7 Å². The van der Waals surface area contributed by atoms with Crippen molar-refractivity contribution >= 4 is 11.9 Å². The van der Waals surface area contributed by atoms with Crippen molar-refractivity contribution in [3.8, 4) is 5.69 Å². The highest BCUT2D eigenvalue weighted by atomic mass is 15.3. The summed E-state index contributed by atoms with van der Waals surface area (Å²) in [6.45, 7) is 7.57. The summed E-state index contributed by atoms with van der Waals surface area (Å²) < 4.78 is 1.96. The Morgan fingerprint density at radius 3 is 2.83 bits per heavy atom. The molecule has 0 radical (unpaired) electrons. The van der Waals surface area contributed by atoms with Crippen LogP contribution in [-0.4, -0.2) is 19.7 Å². The Morgan fingerprint density at radius 2 is 2.22 bits per heavy atom. The minimum Gasteiger partial charge on any atom is -0.405 e. The lowest BCUT2D eigenvalue weighted by atomic mass is 10.1. The van der Waals surface area contributed by atoms with Crippen LogP contribution < -0.4 is 11.5 Å². The number of nitrogens with one attached hydrogen (secondary N) is 1. The lowest BCUT2D eigenvalue weighted by molar-refractivity contribution is 0.830. The molecule has 1 aliphatic rings. The lowest BCUT2D eigenvalue weighted by Crippen LogP contribution is -2.05. The fourth-order valence-corrected chi connectivity index (χ4v) is 2.90. The number of hydrogen-bond acceptors (Lipinski definition) is 4. The molecule has 0 bridgehead atoms. The lowest BCUT2D eigenvalue weighted by Gasteiger charge is -2.08. The normalized spacial score (nSPS) is 20.8. The monoisotopic (exact) mass is 308 g/mol. The Labute approximate surface area is 134 Å². The van der Waals surface area contributed by atoms with E-state index in [0.29, 0.717) is 17.6 Å². The highest BCUT2D eigenvalue weighted by molar-refractivity contribution is 5.57. The molecule has 1 saturated carbocycles. The van der Waals surface area contributed by atoms with Crippen molar-refractivity contribution in [1.82, 2.24) is 19.7 Å². The standard InChI is InChI=1S/C17H20N6/c1-3-5-11(6-8-18)12-10-13(12)17-22-21-15(4-2)23(17)14-7-9-20-16(14)19/h3-9,12-13,20H,1-2,10,18-19H2/b8-6-,11-5+. The summed E-state index contributed by atoms with van der Waals surface area (Å²) >= 11 is 0. The number of H-pyrrole nitrogens is 1. The van der Waals surface area contributed by atoms with E-state index in [2.05, 4.69) is 28.3 Å². The first-order chi connectivity index (χ1) is 11.2. The van der Waals surface area contributed by atoms with Gasteiger partial charge >= 0.3 is 0 Å². The van der Waals surface area contributed by atoms with Gasteiger partial charge in [0.1, 0.15) is 11.6 Å². The summed E-state index contributed by atoms with van der Waals surface area (Å²) in [5.41, 5.74) is 13.5. The van der Waals surface area contributed by atoms with Gasteiger partial charge in [-0.2, -0.15) is 0 Å².